The van der Waals surface area contributed by atoms with Gasteiger partial charge in [-0.25, -0.2) is 24.7 Å². The summed E-state index contributed by atoms with van der Waals surface area (Å²) in [5, 5.41) is 22.1. The zero-order valence-corrected chi connectivity index (χ0v) is 49.1. The van der Waals surface area contributed by atoms with Crippen molar-refractivity contribution in [3.05, 3.63) is 101 Å². The summed E-state index contributed by atoms with van der Waals surface area (Å²) >= 11 is 3.05. The number of hydrogen-bond acceptors (Lipinski definition) is 18. The van der Waals surface area contributed by atoms with Gasteiger partial charge in [0.15, 0.2) is 5.13 Å². The zero-order chi connectivity index (χ0) is 55.2. The molecular formula is C56H65N12NaO8S2. The second-order valence-corrected chi connectivity index (χ2v) is 22.5. The fraction of sp³-hybridized carbons (Fsp3) is 0.411. The molecule has 7 aromatic rings. The number of likely N-dealkylation sites (tertiary alicyclic amines) is 1. The topological polar surface area (TPSA) is 251 Å². The number of thiazole rings is 2. The number of nitrogens with one attached hydrogen (secondary N) is 3. The number of β-amino-alcohol motifs (C(OH)–C–C–N with tert-alkyl or cyclic N) is 1. The third kappa shape index (κ3) is 17.5. The molecule has 4 amide bonds. The summed E-state index contributed by atoms with van der Waals surface area (Å²) in [6.45, 7) is 14.7. The number of ether oxygens (including phenoxy) is 1. The molecule has 10 rings (SSSR count). The van der Waals surface area contributed by atoms with Crippen LogP contribution in [0.4, 0.5) is 21.6 Å². The molecule has 2 aliphatic heterocycles. The Kier molecular flexibility index (Phi) is 21.7. The Labute approximate surface area is 489 Å². The van der Waals surface area contributed by atoms with E-state index in [9.17, 15) is 29.1 Å². The van der Waals surface area contributed by atoms with Crippen LogP contribution >= 0.6 is 22.7 Å². The summed E-state index contributed by atoms with van der Waals surface area (Å²) < 4.78 is 11.4. The Morgan fingerprint density at radius 3 is 2.22 bits per heavy atom. The van der Waals surface area contributed by atoms with E-state index >= 15 is 0 Å². The van der Waals surface area contributed by atoms with Crippen LogP contribution in [0.1, 0.15) is 88.4 Å². The molecule has 2 saturated heterocycles. The van der Waals surface area contributed by atoms with E-state index in [2.05, 4.69) is 88.7 Å². The van der Waals surface area contributed by atoms with Gasteiger partial charge in [0.2, 0.25) is 24.2 Å². The molecular weight excluding hydrogens is 1060 g/mol. The fourth-order valence-electron chi connectivity index (χ4n) is 9.04. The molecule has 79 heavy (non-hydrogen) atoms. The number of aryl methyl sites for hydroxylation is 2. The van der Waals surface area contributed by atoms with E-state index in [-0.39, 0.29) is 71.3 Å². The van der Waals surface area contributed by atoms with Gasteiger partial charge in [-0.3, -0.25) is 29.6 Å². The monoisotopic (exact) mass is 1120 g/mol. The van der Waals surface area contributed by atoms with E-state index in [1.54, 1.807) is 41.1 Å². The molecule has 2 aromatic carbocycles. The normalized spacial score (nSPS) is 15.6. The van der Waals surface area contributed by atoms with Crippen LogP contribution in [0.3, 0.4) is 0 Å². The SMILES string of the molecule is CC(C)(C)CC(=O)N1CCC(O)C1.Cc1ncc(-c2ccc3nc(NC(=O)CN4CCN(c5ncc(-c6cc([C-]=O)on6)cn5)CC4)sc3c2)cc1NC(=O)OC1CCCCC1.Cc1ncsc1-c1ccc(CNC=O)cc1.[Na+]. The number of pyridine rings is 1. The first-order chi connectivity index (χ1) is 37.6. The minimum absolute atomic E-state index is 0. The van der Waals surface area contributed by atoms with Gasteiger partial charge in [-0.15, -0.1) is 22.6 Å². The Morgan fingerprint density at radius 1 is 0.848 bits per heavy atom. The third-order valence-corrected chi connectivity index (χ3v) is 15.1. The Morgan fingerprint density at radius 2 is 1.57 bits per heavy atom. The number of anilines is 3. The van der Waals surface area contributed by atoms with E-state index in [1.807, 2.05) is 55.8 Å². The van der Waals surface area contributed by atoms with Crippen molar-refractivity contribution < 1.29 is 67.9 Å². The van der Waals surface area contributed by atoms with Crippen LogP contribution in [0, 0.1) is 19.3 Å². The van der Waals surface area contributed by atoms with Crippen molar-refractivity contribution >= 4 is 80.3 Å². The van der Waals surface area contributed by atoms with Gasteiger partial charge in [0.1, 0.15) is 6.10 Å². The van der Waals surface area contributed by atoms with E-state index in [0.29, 0.717) is 85.8 Å². The Bertz CT molecular complexity index is 3150. The molecule has 0 spiro atoms. The molecule has 1 aliphatic carbocycles. The number of carbonyl (C=O) groups excluding carboxylic acids is 5. The molecule has 410 valence electrons. The number of nitrogens with zero attached hydrogens (tertiary/aromatic N) is 9. The van der Waals surface area contributed by atoms with Gasteiger partial charge in [-0.1, -0.05) is 68.9 Å². The third-order valence-electron chi connectivity index (χ3n) is 13.2. The fourth-order valence-corrected chi connectivity index (χ4v) is 10.8. The summed E-state index contributed by atoms with van der Waals surface area (Å²) in [6, 6.07) is 17.4. The van der Waals surface area contributed by atoms with Crippen molar-refractivity contribution in [1.29, 1.82) is 0 Å². The maximum Gasteiger partial charge on any atom is 1.00 e. The van der Waals surface area contributed by atoms with Crippen molar-refractivity contribution in [2.45, 2.75) is 98.3 Å². The quantitative estimate of drug-likeness (QED) is 0.0588. The average Bonchev–Trinajstić information content (AvgIpc) is 4.31. The molecule has 1 atom stereocenters. The molecule has 1 saturated carbocycles. The maximum atomic E-state index is 13.0. The van der Waals surface area contributed by atoms with E-state index in [1.165, 1.54) is 34.3 Å². The molecule has 5 aromatic heterocycles. The van der Waals surface area contributed by atoms with Gasteiger partial charge < -0.3 is 39.6 Å². The molecule has 23 heteroatoms. The minimum atomic E-state index is -0.451. The smallest absolute Gasteiger partial charge is 0.446 e. The summed E-state index contributed by atoms with van der Waals surface area (Å²) in [5.74, 6) is 0.639. The molecule has 4 N–H and O–H groups in total. The molecule has 1 unspecified atom stereocenters. The first kappa shape index (κ1) is 60.1. The zero-order valence-electron chi connectivity index (χ0n) is 45.5. The Balaban J connectivity index is 0.000000244. The first-order valence-electron chi connectivity index (χ1n) is 26.0. The number of piperazine rings is 1. The second-order valence-electron chi connectivity index (χ2n) is 20.6. The average molecular weight is 1120 g/mol. The van der Waals surface area contributed by atoms with Gasteiger partial charge in [0.25, 0.3) is 0 Å². The summed E-state index contributed by atoms with van der Waals surface area (Å²) in [6.07, 6.45) is 13.1. The van der Waals surface area contributed by atoms with Crippen molar-refractivity contribution in [3.63, 3.8) is 0 Å². The summed E-state index contributed by atoms with van der Waals surface area (Å²) in [5.41, 5.74) is 10.2. The summed E-state index contributed by atoms with van der Waals surface area (Å²) in [7, 11) is 0. The maximum absolute atomic E-state index is 13.0. The number of aliphatic hydroxyl groups is 1. The first-order valence-corrected chi connectivity index (χ1v) is 27.7. The van der Waals surface area contributed by atoms with Crippen molar-refractivity contribution in [1.82, 2.24) is 45.2 Å². The Hall–Kier alpha value is -6.53. The van der Waals surface area contributed by atoms with Crippen LogP contribution in [-0.2, 0) is 30.5 Å². The number of fused-ring (bicyclic) bond motifs is 1. The number of benzene rings is 2. The minimum Gasteiger partial charge on any atom is -0.446 e. The van der Waals surface area contributed by atoms with Crippen LogP contribution < -0.4 is 50.4 Å². The number of amides is 4. The molecule has 0 radical (unpaired) electrons. The van der Waals surface area contributed by atoms with Gasteiger partial charge in [-0.2, -0.15) is 0 Å². The van der Waals surface area contributed by atoms with E-state index in [0.717, 1.165) is 71.2 Å². The molecule has 7 heterocycles. The van der Waals surface area contributed by atoms with Gasteiger partial charge in [0.05, 0.1) is 50.3 Å². The standard InChI is InChI=1S/C34H34N9O5S.C12H12N2OS.C10H19NO2.Na/c1-21-28(39-34(46)47-25-5-3-2-4-6-25)13-23(16-35-21)22-7-8-27-30(14-22)49-33(38-27)40-31(45)19-42-9-11-43(12-10-42)32-36-17-24(18-37-32)29-15-26(20-44)48-41-29;1-9-12(16-8-14-9)11-4-2-10(3-5-11)6-13-7-15;1-10(2,3)6-9(13)11-5-4-8(12)7-11;/h7-8,13-18,25H,2-6,9-12,19H2,1H3,(H,39,46)(H,38,40,45);2-5,7-8H,6H2,1H3,(H,13,15);8,12H,4-7H2,1-3H3;/q-1;;;+1. The molecule has 20 nitrogen and oxygen atoms in total. The summed E-state index contributed by atoms with van der Waals surface area (Å²) in [4.78, 5) is 87.4. The van der Waals surface area contributed by atoms with Crippen molar-refractivity contribution in [3.8, 4) is 32.8 Å². The number of hydrogen-bond donors (Lipinski definition) is 4. The van der Waals surface area contributed by atoms with Crippen LogP contribution in [0.2, 0.25) is 0 Å². The number of rotatable bonds is 14. The number of aliphatic hydroxyl groups excluding tert-OH is 1. The van der Waals surface area contributed by atoms with Gasteiger partial charge >= 0.3 is 35.7 Å². The molecule has 3 aliphatic rings. The van der Waals surface area contributed by atoms with Gasteiger partial charge in [-0.05, 0) is 86.3 Å². The molecule has 0 bridgehead atoms. The predicted molar refractivity (Wildman–Crippen MR) is 301 cm³/mol. The van der Waals surface area contributed by atoms with Crippen LogP contribution in [0.5, 0.6) is 0 Å². The van der Waals surface area contributed by atoms with Gasteiger partial charge in [0, 0.05) is 99.7 Å². The van der Waals surface area contributed by atoms with Crippen LogP contribution in [-0.4, -0.2) is 134 Å². The number of carbonyl (C=O) groups is 4. The van der Waals surface area contributed by atoms with Crippen molar-refractivity contribution in [2.75, 3.05) is 61.3 Å². The predicted octanol–water partition coefficient (Wildman–Crippen LogP) is 5.60. The second kappa shape index (κ2) is 28.6. The van der Waals surface area contributed by atoms with Crippen LogP contribution in [0.25, 0.3) is 43.0 Å². The van der Waals surface area contributed by atoms with Crippen LogP contribution in [0.15, 0.2) is 83.2 Å². The van der Waals surface area contributed by atoms with E-state index < -0.39 is 6.09 Å². The molecule has 3 fully saturated rings. The van der Waals surface area contributed by atoms with Crippen molar-refractivity contribution in [2.24, 2.45) is 5.41 Å². The number of aromatic nitrogens is 6. The largest absolute Gasteiger partial charge is 1.00 e. The van der Waals surface area contributed by atoms with E-state index in [4.69, 9.17) is 9.26 Å².